The van der Waals surface area contributed by atoms with Crippen molar-refractivity contribution in [1.29, 1.82) is 0 Å². The summed E-state index contributed by atoms with van der Waals surface area (Å²) in [6.07, 6.45) is 1.61. The van der Waals surface area contributed by atoms with Crippen molar-refractivity contribution in [2.75, 3.05) is 11.9 Å². The van der Waals surface area contributed by atoms with Crippen LogP contribution in [0.4, 0.5) is 10.5 Å². The number of amides is 3. The number of benzene rings is 3. The minimum Gasteiger partial charge on any atom is -0.483 e. The van der Waals surface area contributed by atoms with Crippen molar-refractivity contribution in [3.8, 4) is 5.75 Å². The average Bonchev–Trinajstić information content (AvgIpc) is 3.09. The van der Waals surface area contributed by atoms with E-state index in [2.05, 4.69) is 21.2 Å². The lowest BCUT2D eigenvalue weighted by Gasteiger charge is -2.14. The molecule has 6 nitrogen and oxygen atoms in total. The zero-order valence-corrected chi connectivity index (χ0v) is 22.9. The highest BCUT2D eigenvalue weighted by Gasteiger charge is 2.35. The molecule has 0 aliphatic carbocycles. The maximum Gasteiger partial charge on any atom is 0.293 e. The third-order valence-corrected chi connectivity index (χ3v) is 7.48. The maximum atomic E-state index is 12.9. The van der Waals surface area contributed by atoms with Crippen molar-refractivity contribution in [1.82, 2.24) is 4.90 Å². The molecule has 1 aliphatic rings. The van der Waals surface area contributed by atoms with Gasteiger partial charge in [-0.25, -0.2) is 0 Å². The lowest BCUT2D eigenvalue weighted by molar-refractivity contribution is -0.123. The van der Waals surface area contributed by atoms with Crippen LogP contribution in [0.5, 0.6) is 5.75 Å². The molecule has 4 rings (SSSR count). The molecule has 11 heteroatoms. The molecule has 1 N–H and O–H groups in total. The topological polar surface area (TPSA) is 75.7 Å². The average molecular weight is 627 g/mol. The third kappa shape index (κ3) is 6.44. The number of hydrogen-bond acceptors (Lipinski definition) is 5. The molecule has 36 heavy (non-hydrogen) atoms. The Balaban J connectivity index is 1.40. The molecule has 3 amide bonds. The van der Waals surface area contributed by atoms with Gasteiger partial charge >= 0.3 is 0 Å². The first kappa shape index (κ1) is 26.6. The van der Waals surface area contributed by atoms with Gasteiger partial charge < -0.3 is 10.1 Å². The van der Waals surface area contributed by atoms with Crippen LogP contribution in [0, 0.1) is 0 Å². The van der Waals surface area contributed by atoms with E-state index in [4.69, 9.17) is 39.5 Å². The summed E-state index contributed by atoms with van der Waals surface area (Å²) in [6.45, 7) is -0.223. The van der Waals surface area contributed by atoms with E-state index in [1.165, 1.54) is 0 Å². The second kappa shape index (κ2) is 11.7. The van der Waals surface area contributed by atoms with E-state index < -0.39 is 11.1 Å². The SMILES string of the molecule is O=C(COc1ccc(/C=C2\SC(=O)N(Cc3c(Cl)cccc3Cl)C2=O)cc1Br)Nc1ccc(Cl)cc1. The zero-order chi connectivity index (χ0) is 25.8. The largest absolute Gasteiger partial charge is 0.483 e. The van der Waals surface area contributed by atoms with E-state index in [0.29, 0.717) is 42.1 Å². The molecule has 1 heterocycles. The van der Waals surface area contributed by atoms with Gasteiger partial charge in [0.15, 0.2) is 6.61 Å². The smallest absolute Gasteiger partial charge is 0.293 e. The van der Waals surface area contributed by atoms with Crippen molar-refractivity contribution >= 4 is 91.3 Å². The summed E-state index contributed by atoms with van der Waals surface area (Å²) in [4.78, 5) is 38.9. The highest BCUT2D eigenvalue weighted by atomic mass is 79.9. The molecule has 0 bridgehead atoms. The Morgan fingerprint density at radius 3 is 2.39 bits per heavy atom. The number of halogens is 4. The van der Waals surface area contributed by atoms with Crippen LogP contribution >= 0.6 is 62.5 Å². The normalized spacial score (nSPS) is 14.4. The molecule has 0 atom stereocenters. The molecule has 0 saturated carbocycles. The first-order valence-electron chi connectivity index (χ1n) is 10.4. The number of ether oxygens (including phenoxy) is 1. The predicted octanol–water partition coefficient (Wildman–Crippen LogP) is 7.66. The van der Waals surface area contributed by atoms with Gasteiger partial charge in [-0.3, -0.25) is 19.3 Å². The molecule has 0 spiro atoms. The number of carbonyl (C=O) groups is 3. The molecule has 1 saturated heterocycles. The summed E-state index contributed by atoms with van der Waals surface area (Å²) >= 11 is 22.5. The van der Waals surface area contributed by atoms with Gasteiger partial charge in [-0.1, -0.05) is 46.9 Å². The zero-order valence-electron chi connectivity index (χ0n) is 18.3. The molecule has 3 aromatic carbocycles. The first-order chi connectivity index (χ1) is 17.2. The van der Waals surface area contributed by atoms with Crippen LogP contribution in [0.2, 0.25) is 15.1 Å². The second-order valence-electron chi connectivity index (χ2n) is 7.50. The van der Waals surface area contributed by atoms with E-state index in [9.17, 15) is 14.4 Å². The summed E-state index contributed by atoms with van der Waals surface area (Å²) in [5, 5.41) is 3.64. The molecule has 0 aromatic heterocycles. The predicted molar refractivity (Wildman–Crippen MR) is 148 cm³/mol. The molecule has 0 unspecified atom stereocenters. The van der Waals surface area contributed by atoms with E-state index in [1.54, 1.807) is 66.7 Å². The fraction of sp³-hybridized carbons (Fsp3) is 0.0800. The Hall–Kier alpha value is -2.49. The summed E-state index contributed by atoms with van der Waals surface area (Å²) in [5.41, 5.74) is 1.78. The molecule has 1 aliphatic heterocycles. The van der Waals surface area contributed by atoms with E-state index >= 15 is 0 Å². The minimum atomic E-state index is -0.434. The Morgan fingerprint density at radius 2 is 1.72 bits per heavy atom. The lowest BCUT2D eigenvalue weighted by Crippen LogP contribution is -2.27. The van der Waals surface area contributed by atoms with Gasteiger partial charge in [-0.05, 0) is 87.9 Å². The minimum absolute atomic E-state index is 0.0188. The number of thioether (sulfide) groups is 1. The Labute approximate surface area is 234 Å². The summed E-state index contributed by atoms with van der Waals surface area (Å²) in [5.74, 6) is -0.322. The van der Waals surface area contributed by atoms with Gasteiger partial charge in [0.2, 0.25) is 0 Å². The van der Waals surface area contributed by atoms with Crippen LogP contribution < -0.4 is 10.1 Å². The summed E-state index contributed by atoms with van der Waals surface area (Å²) < 4.78 is 6.18. The Morgan fingerprint density at radius 1 is 1.03 bits per heavy atom. The van der Waals surface area contributed by atoms with E-state index in [0.717, 1.165) is 16.7 Å². The molecular formula is C25H16BrCl3N2O4S. The molecule has 184 valence electrons. The molecule has 3 aromatic rings. The summed E-state index contributed by atoms with van der Waals surface area (Å²) in [6, 6.07) is 16.8. The number of nitrogens with one attached hydrogen (secondary N) is 1. The fourth-order valence-electron chi connectivity index (χ4n) is 3.23. The van der Waals surface area contributed by atoms with Crippen LogP contribution in [-0.2, 0) is 16.1 Å². The molecule has 1 fully saturated rings. The molecule has 0 radical (unpaired) electrons. The van der Waals surface area contributed by atoms with E-state index in [-0.39, 0.29) is 24.0 Å². The van der Waals surface area contributed by atoms with Gasteiger partial charge in [0.1, 0.15) is 5.75 Å². The van der Waals surface area contributed by atoms with Gasteiger partial charge in [0.25, 0.3) is 17.1 Å². The highest BCUT2D eigenvalue weighted by molar-refractivity contribution is 9.10. The van der Waals surface area contributed by atoms with Crippen molar-refractivity contribution in [3.05, 3.63) is 96.2 Å². The van der Waals surface area contributed by atoms with Gasteiger partial charge in [-0.15, -0.1) is 0 Å². The van der Waals surface area contributed by atoms with Crippen LogP contribution in [0.3, 0.4) is 0 Å². The van der Waals surface area contributed by atoms with Crippen LogP contribution in [-0.4, -0.2) is 28.6 Å². The highest BCUT2D eigenvalue weighted by Crippen LogP contribution is 2.36. The lowest BCUT2D eigenvalue weighted by atomic mass is 10.2. The molecular weight excluding hydrogens is 611 g/mol. The number of rotatable bonds is 7. The first-order valence-corrected chi connectivity index (χ1v) is 13.1. The Bertz CT molecular complexity index is 1360. The van der Waals surface area contributed by atoms with Crippen molar-refractivity contribution in [3.63, 3.8) is 0 Å². The van der Waals surface area contributed by atoms with Gasteiger partial charge in [0, 0.05) is 26.3 Å². The second-order valence-corrected chi connectivity index (χ2v) is 10.6. The number of imide groups is 1. The fourth-order valence-corrected chi connectivity index (χ4v) is 5.22. The number of hydrogen-bond donors (Lipinski definition) is 1. The standard InChI is InChI=1S/C25H16BrCl3N2O4S/c26-18-10-14(4-9-21(18)35-13-23(32)30-16-7-5-15(27)6-8-16)11-22-24(33)31(25(34)36-22)12-17-19(28)2-1-3-20(17)29/h1-11H,12-13H2,(H,30,32)/b22-11-. The van der Waals surface area contributed by atoms with Crippen molar-refractivity contribution in [2.24, 2.45) is 0 Å². The third-order valence-electron chi connectivity index (χ3n) is 4.99. The van der Waals surface area contributed by atoms with Crippen LogP contribution in [0.1, 0.15) is 11.1 Å². The van der Waals surface area contributed by atoms with Crippen molar-refractivity contribution in [2.45, 2.75) is 6.54 Å². The quantitative estimate of drug-likeness (QED) is 0.273. The Kier molecular flexibility index (Phi) is 8.64. The van der Waals surface area contributed by atoms with Crippen LogP contribution in [0.25, 0.3) is 6.08 Å². The maximum absolute atomic E-state index is 12.9. The van der Waals surface area contributed by atoms with Gasteiger partial charge in [-0.2, -0.15) is 0 Å². The monoisotopic (exact) mass is 624 g/mol. The number of carbonyl (C=O) groups excluding carboxylic acids is 3. The van der Waals surface area contributed by atoms with Crippen LogP contribution in [0.15, 0.2) is 70.0 Å². The van der Waals surface area contributed by atoms with Crippen molar-refractivity contribution < 1.29 is 19.1 Å². The summed E-state index contributed by atoms with van der Waals surface area (Å²) in [7, 11) is 0. The van der Waals surface area contributed by atoms with E-state index in [1.807, 2.05) is 0 Å². The van der Waals surface area contributed by atoms with Gasteiger partial charge in [0.05, 0.1) is 15.9 Å². The number of anilines is 1. The number of nitrogens with zero attached hydrogens (tertiary/aromatic N) is 1.